The van der Waals surface area contributed by atoms with Crippen LogP contribution in [0.15, 0.2) is 42.5 Å². The van der Waals surface area contributed by atoms with Crippen LogP contribution in [0.4, 0.5) is 4.39 Å². The van der Waals surface area contributed by atoms with E-state index in [0.717, 1.165) is 25.2 Å². The van der Waals surface area contributed by atoms with Crippen LogP contribution in [-0.2, 0) is 25.7 Å². The molecule has 0 fully saturated rings. The zero-order chi connectivity index (χ0) is 17.5. The van der Waals surface area contributed by atoms with Gasteiger partial charge in [-0.15, -0.1) is 0 Å². The SMILES string of the molecule is CCCCCCc1ccc(CCC2CCc3cc(F)ccc3C2)cc1. The van der Waals surface area contributed by atoms with Gasteiger partial charge in [0, 0.05) is 0 Å². The number of aryl methyl sites for hydroxylation is 3. The van der Waals surface area contributed by atoms with Crippen LogP contribution in [0.25, 0.3) is 0 Å². The molecule has 25 heavy (non-hydrogen) atoms. The number of halogens is 1. The lowest BCUT2D eigenvalue weighted by atomic mass is 9.81. The minimum absolute atomic E-state index is 0.0908. The molecule has 0 bridgehead atoms. The molecule has 1 unspecified atom stereocenters. The largest absolute Gasteiger partial charge is 0.207 e. The molecule has 0 aliphatic heterocycles. The van der Waals surface area contributed by atoms with Gasteiger partial charge >= 0.3 is 0 Å². The van der Waals surface area contributed by atoms with E-state index in [1.165, 1.54) is 67.2 Å². The van der Waals surface area contributed by atoms with Crippen LogP contribution < -0.4 is 0 Å². The first-order valence-electron chi connectivity index (χ1n) is 10.1. The highest BCUT2D eigenvalue weighted by Gasteiger charge is 2.18. The van der Waals surface area contributed by atoms with Crippen molar-refractivity contribution in [2.24, 2.45) is 5.92 Å². The summed E-state index contributed by atoms with van der Waals surface area (Å²) in [5.74, 6) is 0.652. The third kappa shape index (κ3) is 5.42. The van der Waals surface area contributed by atoms with Gasteiger partial charge < -0.3 is 0 Å². The molecule has 0 spiro atoms. The standard InChI is InChI=1S/C24H31F/c1-2-3-4-5-6-19-7-9-20(10-8-19)11-12-21-13-14-23-18-24(25)16-15-22(23)17-21/h7-10,15-16,18,21H,2-6,11-14,17H2,1H3. The van der Waals surface area contributed by atoms with E-state index in [1.54, 1.807) is 12.1 Å². The van der Waals surface area contributed by atoms with Crippen LogP contribution in [0.2, 0.25) is 0 Å². The van der Waals surface area contributed by atoms with E-state index in [4.69, 9.17) is 0 Å². The first-order chi connectivity index (χ1) is 12.2. The van der Waals surface area contributed by atoms with Crippen LogP contribution in [0, 0.1) is 11.7 Å². The fourth-order valence-electron chi connectivity index (χ4n) is 4.04. The second-order valence-corrected chi connectivity index (χ2v) is 7.69. The van der Waals surface area contributed by atoms with E-state index < -0.39 is 0 Å². The lowest BCUT2D eigenvalue weighted by molar-refractivity contribution is 0.426. The second-order valence-electron chi connectivity index (χ2n) is 7.69. The van der Waals surface area contributed by atoms with Crippen molar-refractivity contribution in [3.05, 3.63) is 70.5 Å². The van der Waals surface area contributed by atoms with Crippen molar-refractivity contribution >= 4 is 0 Å². The highest BCUT2D eigenvalue weighted by atomic mass is 19.1. The predicted octanol–water partition coefficient (Wildman–Crippen LogP) is 6.69. The maximum Gasteiger partial charge on any atom is 0.123 e. The Hall–Kier alpha value is -1.63. The number of benzene rings is 2. The molecule has 1 aliphatic rings. The first-order valence-corrected chi connectivity index (χ1v) is 10.1. The van der Waals surface area contributed by atoms with Gasteiger partial charge in [-0.05, 0) is 85.3 Å². The van der Waals surface area contributed by atoms with Gasteiger partial charge in [0.25, 0.3) is 0 Å². The molecule has 1 atom stereocenters. The highest BCUT2D eigenvalue weighted by molar-refractivity contribution is 5.30. The molecule has 0 amide bonds. The molecule has 134 valence electrons. The molecule has 3 rings (SSSR count). The molecule has 2 aromatic rings. The van der Waals surface area contributed by atoms with E-state index in [9.17, 15) is 4.39 Å². The normalized spacial score (nSPS) is 16.6. The van der Waals surface area contributed by atoms with Crippen LogP contribution in [0.5, 0.6) is 0 Å². The zero-order valence-electron chi connectivity index (χ0n) is 15.6. The Morgan fingerprint density at radius 3 is 2.40 bits per heavy atom. The third-order valence-electron chi connectivity index (χ3n) is 5.68. The summed E-state index contributed by atoms with van der Waals surface area (Å²) in [6, 6.07) is 14.6. The minimum atomic E-state index is -0.0908. The van der Waals surface area contributed by atoms with Crippen molar-refractivity contribution in [2.75, 3.05) is 0 Å². The molecule has 1 heteroatoms. The van der Waals surface area contributed by atoms with Crippen molar-refractivity contribution in [2.45, 2.75) is 71.1 Å². The first kappa shape index (κ1) is 18.2. The Balaban J connectivity index is 1.45. The maximum absolute atomic E-state index is 13.3. The summed E-state index contributed by atoms with van der Waals surface area (Å²) in [4.78, 5) is 0. The number of hydrogen-bond acceptors (Lipinski definition) is 0. The summed E-state index contributed by atoms with van der Waals surface area (Å²) in [7, 11) is 0. The average molecular weight is 339 g/mol. The van der Waals surface area contributed by atoms with Gasteiger partial charge in [-0.2, -0.15) is 0 Å². The predicted molar refractivity (Wildman–Crippen MR) is 105 cm³/mol. The van der Waals surface area contributed by atoms with Gasteiger partial charge in [0.05, 0.1) is 0 Å². The Kier molecular flexibility index (Phi) is 6.67. The molecular weight excluding hydrogens is 307 g/mol. The average Bonchev–Trinajstić information content (AvgIpc) is 2.64. The quantitative estimate of drug-likeness (QED) is 0.471. The van der Waals surface area contributed by atoms with Crippen LogP contribution in [-0.4, -0.2) is 0 Å². The molecule has 0 aromatic heterocycles. The lowest BCUT2D eigenvalue weighted by Crippen LogP contribution is -2.15. The summed E-state index contributed by atoms with van der Waals surface area (Å²) >= 11 is 0. The number of fused-ring (bicyclic) bond motifs is 1. The van der Waals surface area contributed by atoms with Crippen molar-refractivity contribution in [1.82, 2.24) is 0 Å². The Morgan fingerprint density at radius 1 is 0.880 bits per heavy atom. The summed E-state index contributed by atoms with van der Waals surface area (Å²) in [6.07, 6.45) is 12.3. The monoisotopic (exact) mass is 338 g/mol. The number of unbranched alkanes of at least 4 members (excludes halogenated alkanes) is 3. The van der Waals surface area contributed by atoms with Crippen LogP contribution >= 0.6 is 0 Å². The zero-order valence-corrected chi connectivity index (χ0v) is 15.6. The van der Waals surface area contributed by atoms with Crippen molar-refractivity contribution < 1.29 is 4.39 Å². The lowest BCUT2D eigenvalue weighted by Gasteiger charge is -2.24. The van der Waals surface area contributed by atoms with E-state index in [0.29, 0.717) is 0 Å². The van der Waals surface area contributed by atoms with Crippen molar-refractivity contribution in [1.29, 1.82) is 0 Å². The summed E-state index contributed by atoms with van der Waals surface area (Å²) < 4.78 is 13.3. The maximum atomic E-state index is 13.3. The van der Waals surface area contributed by atoms with Gasteiger partial charge in [0.2, 0.25) is 0 Å². The Morgan fingerprint density at radius 2 is 1.64 bits per heavy atom. The topological polar surface area (TPSA) is 0 Å². The fraction of sp³-hybridized carbons (Fsp3) is 0.500. The van der Waals surface area contributed by atoms with Gasteiger partial charge in [0.15, 0.2) is 0 Å². The van der Waals surface area contributed by atoms with E-state index >= 15 is 0 Å². The fourth-order valence-corrected chi connectivity index (χ4v) is 4.04. The van der Waals surface area contributed by atoms with E-state index in [1.807, 2.05) is 6.07 Å². The third-order valence-corrected chi connectivity index (χ3v) is 5.68. The van der Waals surface area contributed by atoms with E-state index in [-0.39, 0.29) is 5.82 Å². The molecule has 0 nitrogen and oxygen atoms in total. The Labute approximate surface area is 152 Å². The van der Waals surface area contributed by atoms with Crippen molar-refractivity contribution in [3.8, 4) is 0 Å². The highest BCUT2D eigenvalue weighted by Crippen LogP contribution is 2.29. The van der Waals surface area contributed by atoms with E-state index in [2.05, 4.69) is 31.2 Å². The Bertz CT molecular complexity index is 656. The van der Waals surface area contributed by atoms with Crippen LogP contribution in [0.1, 0.15) is 67.7 Å². The molecule has 2 aromatic carbocycles. The van der Waals surface area contributed by atoms with Gasteiger partial charge in [0.1, 0.15) is 5.82 Å². The summed E-state index contributed by atoms with van der Waals surface area (Å²) in [5, 5.41) is 0. The number of hydrogen-bond donors (Lipinski definition) is 0. The van der Waals surface area contributed by atoms with Gasteiger partial charge in [-0.3, -0.25) is 0 Å². The molecule has 0 N–H and O–H groups in total. The minimum Gasteiger partial charge on any atom is -0.207 e. The van der Waals surface area contributed by atoms with Gasteiger partial charge in [-0.1, -0.05) is 56.5 Å². The molecule has 0 radical (unpaired) electrons. The smallest absolute Gasteiger partial charge is 0.123 e. The van der Waals surface area contributed by atoms with Crippen LogP contribution in [0.3, 0.4) is 0 Å². The summed E-state index contributed by atoms with van der Waals surface area (Å²) in [6.45, 7) is 2.26. The molecule has 0 saturated carbocycles. The molecule has 0 heterocycles. The second kappa shape index (κ2) is 9.17. The molecule has 0 saturated heterocycles. The summed E-state index contributed by atoms with van der Waals surface area (Å²) in [5.41, 5.74) is 5.53. The molecule has 1 aliphatic carbocycles. The van der Waals surface area contributed by atoms with Crippen molar-refractivity contribution in [3.63, 3.8) is 0 Å². The molecular formula is C24H31F. The number of rotatable bonds is 8. The van der Waals surface area contributed by atoms with Gasteiger partial charge in [-0.25, -0.2) is 4.39 Å².